The maximum atomic E-state index is 5.50. The van der Waals surface area contributed by atoms with Crippen LogP contribution < -0.4 is 10.5 Å². The summed E-state index contributed by atoms with van der Waals surface area (Å²) in [7, 11) is 0. The molecule has 64 valence electrons. The molecule has 1 aliphatic rings. The number of rotatable bonds is 1. The van der Waals surface area contributed by atoms with Gasteiger partial charge in [-0.1, -0.05) is 23.9 Å². The molecule has 3 N–H and O–H groups in total. The molecule has 1 aromatic carbocycles. The van der Waals surface area contributed by atoms with Crippen molar-refractivity contribution in [2.75, 3.05) is 5.32 Å². The third-order valence-corrected chi connectivity index (χ3v) is 4.20. The fourth-order valence-electron chi connectivity index (χ4n) is 1.06. The van der Waals surface area contributed by atoms with Gasteiger partial charge in [0.05, 0.1) is 5.69 Å². The lowest BCUT2D eigenvalue weighted by molar-refractivity contribution is 1.34. The number of hydrogen-bond acceptors (Lipinski definition) is 5. The Balaban J connectivity index is 2.33. The van der Waals surface area contributed by atoms with E-state index < -0.39 is 3.54 Å². The van der Waals surface area contributed by atoms with Crippen LogP contribution in [0.4, 0.5) is 5.69 Å². The molecule has 0 fully saturated rings. The largest absolute Gasteiger partial charge is 0.352 e. The van der Waals surface area contributed by atoms with Gasteiger partial charge in [0.2, 0.25) is 0 Å². The van der Waals surface area contributed by atoms with Gasteiger partial charge in [0.25, 0.3) is 0 Å². The summed E-state index contributed by atoms with van der Waals surface area (Å²) < 4.78 is -0.399. The minimum absolute atomic E-state index is 0.399. The molecule has 0 saturated heterocycles. The van der Waals surface area contributed by atoms with Crippen LogP contribution >= 0.6 is 36.3 Å². The molecule has 0 bridgehead atoms. The average Bonchev–Trinajstić information content (AvgIpc) is 2.42. The molecule has 1 aliphatic heterocycles. The Labute approximate surface area is 85.2 Å². The number of anilines is 1. The van der Waals surface area contributed by atoms with Crippen LogP contribution in [-0.2, 0) is 0 Å². The second-order valence-electron chi connectivity index (χ2n) is 2.42. The van der Waals surface area contributed by atoms with Crippen LogP contribution in [0.2, 0.25) is 0 Å². The van der Waals surface area contributed by atoms with E-state index in [1.807, 2.05) is 18.2 Å². The first-order valence-corrected chi connectivity index (χ1v) is 5.54. The normalized spacial score (nSPS) is 26.5. The minimum atomic E-state index is -0.399. The van der Waals surface area contributed by atoms with E-state index >= 15 is 0 Å². The van der Waals surface area contributed by atoms with Gasteiger partial charge in [-0.2, -0.15) is 0 Å². The third kappa shape index (κ3) is 1.42. The molecule has 2 rings (SSSR count). The molecule has 1 heterocycles. The molecule has 0 amide bonds. The van der Waals surface area contributed by atoms with E-state index in [1.54, 1.807) is 11.8 Å². The fourth-order valence-corrected chi connectivity index (χ4v) is 2.94. The second-order valence-corrected chi connectivity index (χ2v) is 6.06. The van der Waals surface area contributed by atoms with Crippen LogP contribution in [0.5, 0.6) is 0 Å². The van der Waals surface area contributed by atoms with E-state index in [-0.39, 0.29) is 0 Å². The second kappa shape index (κ2) is 3.06. The molecule has 0 saturated carbocycles. The van der Waals surface area contributed by atoms with Gasteiger partial charge in [0.15, 0.2) is 3.54 Å². The third-order valence-electron chi connectivity index (χ3n) is 1.59. The smallest absolute Gasteiger partial charge is 0.194 e. The number of nitrogens with one attached hydrogen (secondary N) is 1. The molecule has 0 radical (unpaired) electrons. The molecule has 1 atom stereocenters. The maximum Gasteiger partial charge on any atom is 0.194 e. The first kappa shape index (κ1) is 8.62. The van der Waals surface area contributed by atoms with Crippen LogP contribution in [0.3, 0.4) is 0 Å². The average molecular weight is 216 g/mol. The highest BCUT2D eigenvalue weighted by atomic mass is 32.3. The van der Waals surface area contributed by atoms with Crippen molar-refractivity contribution >= 4 is 42.0 Å². The summed E-state index contributed by atoms with van der Waals surface area (Å²) in [5.74, 6) is 0. The van der Waals surface area contributed by atoms with Gasteiger partial charge in [-0.15, -0.1) is 12.6 Å². The van der Waals surface area contributed by atoms with Gasteiger partial charge in [-0.25, -0.2) is 0 Å². The molecule has 0 spiro atoms. The first-order valence-electron chi connectivity index (χ1n) is 3.40. The lowest BCUT2D eigenvalue weighted by Crippen LogP contribution is -2.20. The molecule has 5 heteroatoms. The molecule has 0 aromatic heterocycles. The molecule has 0 aliphatic carbocycles. The van der Waals surface area contributed by atoms with Gasteiger partial charge in [0.1, 0.15) is 0 Å². The van der Waals surface area contributed by atoms with Crippen LogP contribution in [0, 0.1) is 0 Å². The monoisotopic (exact) mass is 216 g/mol. The Kier molecular flexibility index (Phi) is 2.20. The minimum Gasteiger partial charge on any atom is -0.352 e. The summed E-state index contributed by atoms with van der Waals surface area (Å²) >= 11 is 7.25. The van der Waals surface area contributed by atoms with Gasteiger partial charge in [0, 0.05) is 4.90 Å². The summed E-state index contributed by atoms with van der Waals surface area (Å²) in [4.78, 5) is 1.20. The summed E-state index contributed by atoms with van der Waals surface area (Å²) in [6.07, 6.45) is 0. The Morgan fingerprint density at radius 2 is 2.25 bits per heavy atom. The van der Waals surface area contributed by atoms with E-state index in [0.29, 0.717) is 0 Å². The van der Waals surface area contributed by atoms with Crippen LogP contribution in [-0.4, -0.2) is 3.54 Å². The van der Waals surface area contributed by atoms with E-state index in [2.05, 4.69) is 24.0 Å². The predicted molar refractivity (Wildman–Crippen MR) is 59.4 cm³/mol. The van der Waals surface area contributed by atoms with E-state index in [0.717, 1.165) is 5.69 Å². The van der Waals surface area contributed by atoms with Crippen molar-refractivity contribution in [1.29, 1.82) is 0 Å². The summed E-state index contributed by atoms with van der Waals surface area (Å²) in [6, 6.07) is 8.08. The van der Waals surface area contributed by atoms with Gasteiger partial charge in [-0.3, -0.25) is 5.14 Å². The zero-order valence-corrected chi connectivity index (χ0v) is 8.68. The summed E-state index contributed by atoms with van der Waals surface area (Å²) in [5, 5.41) is 8.73. The van der Waals surface area contributed by atoms with Crippen molar-refractivity contribution in [2.45, 2.75) is 8.43 Å². The first-order chi connectivity index (χ1) is 5.73. The van der Waals surface area contributed by atoms with Crippen LogP contribution in [0.15, 0.2) is 29.2 Å². The molecule has 12 heavy (non-hydrogen) atoms. The summed E-state index contributed by atoms with van der Waals surface area (Å²) in [5.41, 5.74) is 1.11. The zero-order valence-electron chi connectivity index (χ0n) is 6.15. The highest BCUT2D eigenvalue weighted by Crippen LogP contribution is 2.51. The predicted octanol–water partition coefficient (Wildman–Crippen LogP) is 2.35. The molecule has 1 aromatic rings. The number of nitrogens with two attached hydrogens (primary N) is 1. The standard InChI is InChI=1S/C7H8N2S3/c8-12-7(10)9-5-3-1-2-4-6(5)11-7/h1-4,9-10H,8H2. The quantitative estimate of drug-likeness (QED) is 0.383. The Bertz CT molecular complexity index is 277. The van der Waals surface area contributed by atoms with Crippen LogP contribution in [0.25, 0.3) is 0 Å². The number of thiol groups is 1. The van der Waals surface area contributed by atoms with E-state index in [9.17, 15) is 0 Å². The number of hydrogen-bond donors (Lipinski definition) is 3. The van der Waals surface area contributed by atoms with Gasteiger partial charge in [-0.05, 0) is 24.1 Å². The lowest BCUT2D eigenvalue weighted by atomic mass is 10.3. The van der Waals surface area contributed by atoms with E-state index in [4.69, 9.17) is 5.14 Å². The summed E-state index contributed by atoms with van der Waals surface area (Å²) in [6.45, 7) is 0. The fraction of sp³-hybridized carbons (Fsp3) is 0.143. The molecular formula is C7H8N2S3. The molecule has 1 unspecified atom stereocenters. The Morgan fingerprint density at radius 1 is 1.50 bits per heavy atom. The lowest BCUT2D eigenvalue weighted by Gasteiger charge is -2.18. The SMILES string of the molecule is NSC1(S)Nc2ccccc2S1. The Hall–Kier alpha value is 0.0300. The van der Waals surface area contributed by atoms with Crippen molar-refractivity contribution in [2.24, 2.45) is 5.14 Å². The topological polar surface area (TPSA) is 38.0 Å². The van der Waals surface area contributed by atoms with Crippen LogP contribution in [0.1, 0.15) is 0 Å². The van der Waals surface area contributed by atoms with Crippen molar-refractivity contribution < 1.29 is 0 Å². The number of thioether (sulfide) groups is 1. The van der Waals surface area contributed by atoms with Gasteiger partial charge >= 0.3 is 0 Å². The highest BCUT2D eigenvalue weighted by molar-refractivity contribution is 8.29. The number of benzene rings is 1. The van der Waals surface area contributed by atoms with Gasteiger partial charge < -0.3 is 5.32 Å². The van der Waals surface area contributed by atoms with Crippen molar-refractivity contribution in [3.05, 3.63) is 24.3 Å². The zero-order chi connectivity index (χ0) is 8.60. The Morgan fingerprint density at radius 3 is 2.92 bits per heavy atom. The molecule has 2 nitrogen and oxygen atoms in total. The molecular weight excluding hydrogens is 208 g/mol. The number of fused-ring (bicyclic) bond motifs is 1. The van der Waals surface area contributed by atoms with Crippen molar-refractivity contribution in [1.82, 2.24) is 0 Å². The number of para-hydroxylation sites is 1. The van der Waals surface area contributed by atoms with E-state index in [1.165, 1.54) is 16.8 Å². The maximum absolute atomic E-state index is 5.50. The van der Waals surface area contributed by atoms with Crippen molar-refractivity contribution in [3.63, 3.8) is 0 Å². The van der Waals surface area contributed by atoms with Crippen molar-refractivity contribution in [3.8, 4) is 0 Å². The highest BCUT2D eigenvalue weighted by Gasteiger charge is 2.33.